The second-order valence-electron chi connectivity index (χ2n) is 7.24. The van der Waals surface area contributed by atoms with Crippen molar-refractivity contribution in [1.82, 2.24) is 9.78 Å². The van der Waals surface area contributed by atoms with E-state index in [1.807, 2.05) is 52.8 Å². The van der Waals surface area contributed by atoms with Crippen LogP contribution in [0.4, 0.5) is 0 Å². The van der Waals surface area contributed by atoms with Crippen LogP contribution in [0.25, 0.3) is 5.69 Å². The van der Waals surface area contributed by atoms with E-state index in [2.05, 4.69) is 18.1 Å². The van der Waals surface area contributed by atoms with E-state index in [1.165, 1.54) is 5.56 Å². The highest BCUT2D eigenvalue weighted by Gasteiger charge is 2.20. The topological polar surface area (TPSA) is 44.1 Å². The number of esters is 1. The minimum Gasteiger partial charge on any atom is -0.407 e. The Kier molecular flexibility index (Phi) is 4.93. The number of hydrogen-bond donors (Lipinski definition) is 0. The van der Waals surface area contributed by atoms with Crippen molar-refractivity contribution in [3.05, 3.63) is 41.1 Å². The lowest BCUT2D eigenvalue weighted by molar-refractivity contribution is -0.136. The van der Waals surface area contributed by atoms with E-state index in [9.17, 15) is 4.79 Å². The molecule has 4 nitrogen and oxygen atoms in total. The van der Waals surface area contributed by atoms with Gasteiger partial charge in [0, 0.05) is 6.07 Å². The van der Waals surface area contributed by atoms with Crippen LogP contribution in [0, 0.1) is 19.3 Å². The standard InChI is InChI=1S/C19H26N2O2/c1-7-15-11-17(23-18(22)12-19(4,5)6)21(20-15)16-9-8-13(2)10-14(16)3/h8-11H,7,12H2,1-6H3. The zero-order chi connectivity index (χ0) is 17.2. The molecular weight excluding hydrogens is 288 g/mol. The van der Waals surface area contributed by atoms with Crippen LogP contribution in [-0.4, -0.2) is 15.7 Å². The largest absolute Gasteiger partial charge is 0.407 e. The first kappa shape index (κ1) is 17.3. The van der Waals surface area contributed by atoms with Gasteiger partial charge in [0.2, 0.25) is 5.88 Å². The van der Waals surface area contributed by atoms with E-state index in [-0.39, 0.29) is 11.4 Å². The summed E-state index contributed by atoms with van der Waals surface area (Å²) >= 11 is 0. The van der Waals surface area contributed by atoms with Crippen LogP contribution >= 0.6 is 0 Å². The molecule has 0 bridgehead atoms. The second-order valence-corrected chi connectivity index (χ2v) is 7.24. The Hall–Kier alpha value is -2.10. The molecule has 0 aliphatic rings. The first-order chi connectivity index (χ1) is 10.7. The molecule has 0 atom stereocenters. The maximum Gasteiger partial charge on any atom is 0.313 e. The predicted molar refractivity (Wildman–Crippen MR) is 92.1 cm³/mol. The van der Waals surface area contributed by atoms with Gasteiger partial charge in [0.15, 0.2) is 0 Å². The van der Waals surface area contributed by atoms with Gasteiger partial charge in [0.1, 0.15) is 0 Å². The molecule has 0 aliphatic carbocycles. The van der Waals surface area contributed by atoms with Gasteiger partial charge in [0.05, 0.1) is 17.8 Å². The van der Waals surface area contributed by atoms with Gasteiger partial charge in [-0.1, -0.05) is 45.4 Å². The predicted octanol–water partition coefficient (Wildman–Crippen LogP) is 4.39. The fourth-order valence-electron chi connectivity index (χ4n) is 2.46. The number of rotatable bonds is 4. The van der Waals surface area contributed by atoms with Crippen molar-refractivity contribution in [2.24, 2.45) is 5.41 Å². The minimum atomic E-state index is -0.230. The Morgan fingerprint density at radius 1 is 1.22 bits per heavy atom. The quantitative estimate of drug-likeness (QED) is 0.786. The molecule has 2 rings (SSSR count). The molecule has 0 saturated carbocycles. The number of aryl methyl sites for hydroxylation is 3. The SMILES string of the molecule is CCc1cc(OC(=O)CC(C)(C)C)n(-c2ccc(C)cc2C)n1. The lowest BCUT2D eigenvalue weighted by atomic mass is 9.92. The van der Waals surface area contributed by atoms with Crippen LogP contribution in [0.1, 0.15) is 50.9 Å². The van der Waals surface area contributed by atoms with Gasteiger partial charge in [-0.05, 0) is 37.3 Å². The highest BCUT2D eigenvalue weighted by molar-refractivity contribution is 5.72. The lowest BCUT2D eigenvalue weighted by Crippen LogP contribution is -2.19. The van der Waals surface area contributed by atoms with Crippen molar-refractivity contribution >= 4 is 5.97 Å². The first-order valence-electron chi connectivity index (χ1n) is 8.07. The van der Waals surface area contributed by atoms with Crippen LogP contribution < -0.4 is 4.74 Å². The third kappa shape index (κ3) is 4.44. The van der Waals surface area contributed by atoms with Gasteiger partial charge in [0.25, 0.3) is 0 Å². The fourth-order valence-corrected chi connectivity index (χ4v) is 2.46. The maximum atomic E-state index is 12.2. The van der Waals surface area contributed by atoms with Crippen LogP contribution in [0.5, 0.6) is 5.88 Å². The normalized spacial score (nSPS) is 11.6. The molecule has 1 heterocycles. The summed E-state index contributed by atoms with van der Waals surface area (Å²) in [7, 11) is 0. The van der Waals surface area contributed by atoms with Crippen molar-refractivity contribution < 1.29 is 9.53 Å². The third-order valence-corrected chi connectivity index (χ3v) is 3.56. The number of aromatic nitrogens is 2. The molecule has 1 aromatic heterocycles. The Balaban J connectivity index is 2.37. The molecule has 2 aromatic rings. The van der Waals surface area contributed by atoms with Crippen molar-refractivity contribution in [1.29, 1.82) is 0 Å². The molecule has 0 aliphatic heterocycles. The van der Waals surface area contributed by atoms with Crippen molar-refractivity contribution in [3.8, 4) is 11.6 Å². The van der Waals surface area contributed by atoms with Gasteiger partial charge >= 0.3 is 5.97 Å². The Bertz CT molecular complexity index is 709. The Labute approximate surface area is 138 Å². The van der Waals surface area contributed by atoms with E-state index in [1.54, 1.807) is 4.68 Å². The molecule has 0 fully saturated rings. The Morgan fingerprint density at radius 3 is 2.48 bits per heavy atom. The fraction of sp³-hybridized carbons (Fsp3) is 0.474. The number of benzene rings is 1. The van der Waals surface area contributed by atoms with Gasteiger partial charge in [-0.3, -0.25) is 4.79 Å². The van der Waals surface area contributed by atoms with Crippen molar-refractivity contribution in [2.45, 2.75) is 54.4 Å². The van der Waals surface area contributed by atoms with Gasteiger partial charge < -0.3 is 4.74 Å². The summed E-state index contributed by atoms with van der Waals surface area (Å²) in [6, 6.07) is 8.00. The summed E-state index contributed by atoms with van der Waals surface area (Å²) in [5, 5.41) is 4.58. The number of nitrogens with zero attached hydrogens (tertiary/aromatic N) is 2. The van der Waals surface area contributed by atoms with Crippen LogP contribution in [-0.2, 0) is 11.2 Å². The van der Waals surface area contributed by atoms with E-state index in [0.717, 1.165) is 23.4 Å². The molecule has 0 saturated heterocycles. The highest BCUT2D eigenvalue weighted by Crippen LogP contribution is 2.25. The van der Waals surface area contributed by atoms with E-state index >= 15 is 0 Å². The second kappa shape index (κ2) is 6.57. The minimum absolute atomic E-state index is 0.102. The summed E-state index contributed by atoms with van der Waals surface area (Å²) in [6.45, 7) is 12.2. The van der Waals surface area contributed by atoms with Crippen LogP contribution in [0.3, 0.4) is 0 Å². The average Bonchev–Trinajstić information content (AvgIpc) is 2.79. The number of ether oxygens (including phenoxy) is 1. The summed E-state index contributed by atoms with van der Waals surface area (Å²) in [4.78, 5) is 12.2. The van der Waals surface area contributed by atoms with Crippen LogP contribution in [0.2, 0.25) is 0 Å². The van der Waals surface area contributed by atoms with Crippen LogP contribution in [0.15, 0.2) is 24.3 Å². The summed E-state index contributed by atoms with van der Waals surface area (Å²) in [5.41, 5.74) is 4.04. The summed E-state index contributed by atoms with van der Waals surface area (Å²) in [6.07, 6.45) is 1.16. The Morgan fingerprint density at radius 2 is 1.91 bits per heavy atom. The lowest BCUT2D eigenvalue weighted by Gasteiger charge is -2.17. The molecule has 23 heavy (non-hydrogen) atoms. The third-order valence-electron chi connectivity index (χ3n) is 3.56. The number of hydrogen-bond acceptors (Lipinski definition) is 3. The molecule has 0 amide bonds. The molecule has 4 heteroatoms. The van der Waals surface area contributed by atoms with E-state index in [4.69, 9.17) is 4.74 Å². The molecule has 0 spiro atoms. The molecule has 0 radical (unpaired) electrons. The average molecular weight is 314 g/mol. The maximum absolute atomic E-state index is 12.2. The van der Waals surface area contributed by atoms with E-state index < -0.39 is 0 Å². The van der Waals surface area contributed by atoms with Gasteiger partial charge in [-0.2, -0.15) is 5.10 Å². The zero-order valence-corrected chi connectivity index (χ0v) is 14.9. The molecule has 124 valence electrons. The monoisotopic (exact) mass is 314 g/mol. The zero-order valence-electron chi connectivity index (χ0n) is 14.9. The molecule has 1 aromatic carbocycles. The summed E-state index contributed by atoms with van der Waals surface area (Å²) < 4.78 is 7.34. The van der Waals surface area contributed by atoms with Gasteiger partial charge in [-0.15, -0.1) is 0 Å². The smallest absolute Gasteiger partial charge is 0.313 e. The highest BCUT2D eigenvalue weighted by atomic mass is 16.5. The van der Waals surface area contributed by atoms with Crippen molar-refractivity contribution in [2.75, 3.05) is 0 Å². The number of carbonyl (C=O) groups is 1. The number of carbonyl (C=O) groups excluding carboxylic acids is 1. The molecule has 0 unspecified atom stereocenters. The molecular formula is C19H26N2O2. The van der Waals surface area contributed by atoms with E-state index in [0.29, 0.717) is 12.3 Å². The first-order valence-corrected chi connectivity index (χ1v) is 8.07. The molecule has 0 N–H and O–H groups in total. The van der Waals surface area contributed by atoms with Gasteiger partial charge in [-0.25, -0.2) is 4.68 Å². The summed E-state index contributed by atoms with van der Waals surface area (Å²) in [5.74, 6) is 0.258. The van der Waals surface area contributed by atoms with Crippen molar-refractivity contribution in [3.63, 3.8) is 0 Å².